The lowest BCUT2D eigenvalue weighted by molar-refractivity contribution is -0.121. The van der Waals surface area contributed by atoms with Crippen molar-refractivity contribution in [2.45, 2.75) is 25.8 Å². The van der Waals surface area contributed by atoms with Crippen LogP contribution in [0.25, 0.3) is 0 Å². The van der Waals surface area contributed by atoms with Crippen LogP contribution in [-0.4, -0.2) is 19.5 Å². The second-order valence-electron chi connectivity index (χ2n) is 4.05. The van der Waals surface area contributed by atoms with Crippen LogP contribution in [0.5, 0.6) is 0 Å². The maximum atomic E-state index is 11.6. The van der Waals surface area contributed by atoms with Gasteiger partial charge in [0.1, 0.15) is 0 Å². The van der Waals surface area contributed by atoms with Gasteiger partial charge in [-0.2, -0.15) is 0 Å². The summed E-state index contributed by atoms with van der Waals surface area (Å²) in [7, 11) is 1.89. The number of benzene rings is 1. The Kier molecular flexibility index (Phi) is 6.22. The summed E-state index contributed by atoms with van der Waals surface area (Å²) in [6.07, 6.45) is 1.44. The molecule has 1 rings (SSSR count). The van der Waals surface area contributed by atoms with Gasteiger partial charge in [-0.25, -0.2) is 0 Å². The summed E-state index contributed by atoms with van der Waals surface area (Å²) in [6, 6.07) is 8.06. The van der Waals surface area contributed by atoms with E-state index in [-0.39, 0.29) is 11.9 Å². The Hall–Kier alpha value is -0.870. The van der Waals surface area contributed by atoms with Crippen molar-refractivity contribution in [1.29, 1.82) is 0 Å². The second kappa shape index (κ2) is 7.45. The molecule has 0 aliphatic heterocycles. The smallest absolute Gasteiger partial charge is 0.220 e. The van der Waals surface area contributed by atoms with Crippen LogP contribution >= 0.6 is 15.9 Å². The number of carbonyl (C=O) groups excluding carboxylic acids is 1. The molecule has 2 N–H and O–H groups in total. The van der Waals surface area contributed by atoms with E-state index >= 15 is 0 Å². The van der Waals surface area contributed by atoms with E-state index in [1.165, 1.54) is 0 Å². The summed E-state index contributed by atoms with van der Waals surface area (Å²) in [5.74, 6) is 0.107. The van der Waals surface area contributed by atoms with Gasteiger partial charge in [-0.05, 0) is 44.6 Å². The van der Waals surface area contributed by atoms with Crippen molar-refractivity contribution >= 4 is 21.8 Å². The molecule has 0 radical (unpaired) electrons. The van der Waals surface area contributed by atoms with Crippen LogP contribution in [-0.2, 0) is 4.79 Å². The molecule has 0 bridgehead atoms. The van der Waals surface area contributed by atoms with E-state index in [0.29, 0.717) is 6.42 Å². The SMILES string of the molecule is CNCCCC(=O)NC(C)c1ccc(Br)cc1. The van der Waals surface area contributed by atoms with Gasteiger partial charge in [-0.1, -0.05) is 28.1 Å². The highest BCUT2D eigenvalue weighted by Crippen LogP contribution is 2.16. The van der Waals surface area contributed by atoms with E-state index in [1.54, 1.807) is 0 Å². The average molecular weight is 299 g/mol. The van der Waals surface area contributed by atoms with E-state index < -0.39 is 0 Å². The number of hydrogen-bond acceptors (Lipinski definition) is 2. The van der Waals surface area contributed by atoms with Gasteiger partial charge in [0.05, 0.1) is 6.04 Å². The third-order valence-corrected chi connectivity index (χ3v) is 3.11. The average Bonchev–Trinajstić information content (AvgIpc) is 2.30. The molecule has 4 heteroatoms. The zero-order valence-electron chi connectivity index (χ0n) is 10.3. The van der Waals surface area contributed by atoms with Gasteiger partial charge < -0.3 is 10.6 Å². The summed E-state index contributed by atoms with van der Waals surface area (Å²) in [6.45, 7) is 2.87. The second-order valence-corrected chi connectivity index (χ2v) is 4.96. The molecule has 1 aromatic carbocycles. The normalized spacial score (nSPS) is 12.2. The lowest BCUT2D eigenvalue weighted by Crippen LogP contribution is -2.27. The molecule has 0 saturated carbocycles. The van der Waals surface area contributed by atoms with Crippen molar-refractivity contribution in [1.82, 2.24) is 10.6 Å². The lowest BCUT2D eigenvalue weighted by atomic mass is 10.1. The van der Waals surface area contributed by atoms with Crippen LogP contribution in [0, 0.1) is 0 Å². The molecule has 0 aromatic heterocycles. The minimum Gasteiger partial charge on any atom is -0.350 e. The molecule has 94 valence electrons. The molecule has 0 fully saturated rings. The first kappa shape index (κ1) is 14.2. The maximum absolute atomic E-state index is 11.6. The van der Waals surface area contributed by atoms with E-state index in [1.807, 2.05) is 38.2 Å². The first-order valence-electron chi connectivity index (χ1n) is 5.83. The highest BCUT2D eigenvalue weighted by atomic mass is 79.9. The third kappa shape index (κ3) is 5.33. The molecule has 0 heterocycles. The Morgan fingerprint density at radius 3 is 2.59 bits per heavy atom. The Labute approximate surface area is 111 Å². The zero-order valence-corrected chi connectivity index (χ0v) is 11.9. The Balaban J connectivity index is 2.40. The van der Waals surface area contributed by atoms with Crippen LogP contribution in [0.15, 0.2) is 28.7 Å². The largest absolute Gasteiger partial charge is 0.350 e. The quantitative estimate of drug-likeness (QED) is 0.793. The fraction of sp³-hybridized carbons (Fsp3) is 0.462. The summed E-state index contributed by atoms with van der Waals surface area (Å²) < 4.78 is 1.05. The van der Waals surface area contributed by atoms with Crippen LogP contribution < -0.4 is 10.6 Å². The first-order chi connectivity index (χ1) is 8.13. The van der Waals surface area contributed by atoms with Crippen molar-refractivity contribution in [2.75, 3.05) is 13.6 Å². The van der Waals surface area contributed by atoms with Crippen molar-refractivity contribution in [3.8, 4) is 0 Å². The number of hydrogen-bond donors (Lipinski definition) is 2. The van der Waals surface area contributed by atoms with Gasteiger partial charge in [0.2, 0.25) is 5.91 Å². The van der Waals surface area contributed by atoms with Crippen molar-refractivity contribution in [3.63, 3.8) is 0 Å². The molecule has 1 atom stereocenters. The van der Waals surface area contributed by atoms with E-state index in [9.17, 15) is 4.79 Å². The number of nitrogens with one attached hydrogen (secondary N) is 2. The number of carbonyl (C=O) groups is 1. The van der Waals surface area contributed by atoms with Gasteiger partial charge in [0.25, 0.3) is 0 Å². The highest BCUT2D eigenvalue weighted by Gasteiger charge is 2.08. The minimum absolute atomic E-state index is 0.0604. The number of amides is 1. The van der Waals surface area contributed by atoms with E-state index in [2.05, 4.69) is 26.6 Å². The molecular weight excluding hydrogens is 280 g/mol. The van der Waals surface area contributed by atoms with Crippen molar-refractivity contribution in [3.05, 3.63) is 34.3 Å². The molecule has 1 aromatic rings. The van der Waals surface area contributed by atoms with Crippen LogP contribution in [0.3, 0.4) is 0 Å². The molecule has 1 unspecified atom stereocenters. The fourth-order valence-electron chi connectivity index (χ4n) is 1.57. The van der Waals surface area contributed by atoms with Crippen molar-refractivity contribution < 1.29 is 4.79 Å². The van der Waals surface area contributed by atoms with Crippen LogP contribution in [0.1, 0.15) is 31.4 Å². The lowest BCUT2D eigenvalue weighted by Gasteiger charge is -2.14. The van der Waals surface area contributed by atoms with Gasteiger partial charge in [0, 0.05) is 10.9 Å². The predicted molar refractivity (Wildman–Crippen MR) is 73.9 cm³/mol. The maximum Gasteiger partial charge on any atom is 0.220 e. The van der Waals surface area contributed by atoms with Crippen LogP contribution in [0.2, 0.25) is 0 Å². The molecule has 0 aliphatic carbocycles. The molecular formula is C13H19BrN2O. The van der Waals surface area contributed by atoms with Gasteiger partial charge >= 0.3 is 0 Å². The Bertz CT molecular complexity index is 351. The minimum atomic E-state index is 0.0604. The van der Waals surface area contributed by atoms with Crippen molar-refractivity contribution in [2.24, 2.45) is 0 Å². The summed E-state index contributed by atoms with van der Waals surface area (Å²) in [5.41, 5.74) is 1.12. The Morgan fingerprint density at radius 1 is 1.35 bits per heavy atom. The molecule has 1 amide bonds. The topological polar surface area (TPSA) is 41.1 Å². The predicted octanol–water partition coefficient (Wildman–Crippen LogP) is 2.63. The van der Waals surface area contributed by atoms with Gasteiger partial charge in [-0.3, -0.25) is 4.79 Å². The number of rotatable bonds is 6. The summed E-state index contributed by atoms with van der Waals surface area (Å²) in [4.78, 5) is 11.6. The molecule has 3 nitrogen and oxygen atoms in total. The van der Waals surface area contributed by atoms with E-state index in [4.69, 9.17) is 0 Å². The van der Waals surface area contributed by atoms with Gasteiger partial charge in [0.15, 0.2) is 0 Å². The van der Waals surface area contributed by atoms with E-state index in [0.717, 1.165) is 23.0 Å². The summed E-state index contributed by atoms with van der Waals surface area (Å²) >= 11 is 3.39. The first-order valence-corrected chi connectivity index (χ1v) is 6.62. The monoisotopic (exact) mass is 298 g/mol. The third-order valence-electron chi connectivity index (χ3n) is 2.58. The highest BCUT2D eigenvalue weighted by molar-refractivity contribution is 9.10. The molecule has 0 aliphatic rings. The van der Waals surface area contributed by atoms with Crippen LogP contribution in [0.4, 0.5) is 0 Å². The number of halogens is 1. The molecule has 17 heavy (non-hydrogen) atoms. The standard InChI is InChI=1S/C13H19BrN2O/c1-10(11-5-7-12(14)8-6-11)16-13(17)4-3-9-15-2/h5-8,10,15H,3-4,9H2,1-2H3,(H,16,17). The summed E-state index contributed by atoms with van der Waals surface area (Å²) in [5, 5.41) is 6.02. The van der Waals surface area contributed by atoms with Gasteiger partial charge in [-0.15, -0.1) is 0 Å². The fourth-order valence-corrected chi connectivity index (χ4v) is 1.84. The zero-order chi connectivity index (χ0) is 12.7. The molecule has 0 spiro atoms. The Morgan fingerprint density at radius 2 is 2.00 bits per heavy atom. The molecule has 0 saturated heterocycles.